The lowest BCUT2D eigenvalue weighted by Crippen LogP contribution is -2.45. The van der Waals surface area contributed by atoms with E-state index in [1.54, 1.807) is 0 Å². The molecule has 0 bridgehead atoms. The van der Waals surface area contributed by atoms with E-state index >= 15 is 0 Å². The van der Waals surface area contributed by atoms with E-state index in [0.717, 1.165) is 17.8 Å². The highest BCUT2D eigenvalue weighted by Crippen LogP contribution is 2.42. The Bertz CT molecular complexity index is 438. The number of hydrogen-bond donors (Lipinski definition) is 2. The van der Waals surface area contributed by atoms with Gasteiger partial charge in [-0.1, -0.05) is 18.6 Å². The maximum absolute atomic E-state index is 11.8. The van der Waals surface area contributed by atoms with E-state index in [1.807, 2.05) is 43.0 Å². The summed E-state index contributed by atoms with van der Waals surface area (Å²) in [7, 11) is 0. The number of amides is 1. The van der Waals surface area contributed by atoms with Crippen molar-refractivity contribution < 1.29 is 4.79 Å². The van der Waals surface area contributed by atoms with Crippen molar-refractivity contribution in [2.24, 2.45) is 0 Å². The molecule has 0 atom stereocenters. The minimum atomic E-state index is 0.0289. The van der Waals surface area contributed by atoms with E-state index in [-0.39, 0.29) is 5.91 Å². The Balaban J connectivity index is 1.73. The van der Waals surface area contributed by atoms with Crippen LogP contribution in [0, 0.1) is 6.92 Å². The third kappa shape index (κ3) is 3.98. The molecule has 2 rings (SSSR count). The molecule has 1 aliphatic rings. The van der Waals surface area contributed by atoms with Crippen molar-refractivity contribution in [3.63, 3.8) is 0 Å². The largest absolute Gasteiger partial charge is 0.325 e. The quantitative estimate of drug-likeness (QED) is 0.840. The average Bonchev–Trinajstić information content (AvgIpc) is 2.32. The van der Waals surface area contributed by atoms with E-state index in [2.05, 4.69) is 16.9 Å². The number of carbonyl (C=O) groups is 1. The molecule has 2 N–H and O–H groups in total. The smallest absolute Gasteiger partial charge is 0.238 e. The molecule has 1 fully saturated rings. The standard InChI is InChI=1S/C15H22N2OS/c1-12-5-3-6-13(9-12)17-14(18)10-16-11-15(19-2)7-4-8-15/h3,5-6,9,16H,4,7-8,10-11H2,1-2H3,(H,17,18). The number of nitrogens with one attached hydrogen (secondary N) is 2. The van der Waals surface area contributed by atoms with Crippen LogP contribution in [-0.2, 0) is 4.79 Å². The van der Waals surface area contributed by atoms with Crippen molar-refractivity contribution in [1.29, 1.82) is 0 Å². The Morgan fingerprint density at radius 2 is 2.21 bits per heavy atom. The molecule has 4 heteroatoms. The lowest BCUT2D eigenvalue weighted by Gasteiger charge is -2.40. The first-order chi connectivity index (χ1) is 9.13. The van der Waals surface area contributed by atoms with E-state index < -0.39 is 0 Å². The zero-order valence-electron chi connectivity index (χ0n) is 11.7. The van der Waals surface area contributed by atoms with Gasteiger partial charge in [0, 0.05) is 17.0 Å². The Kier molecular flexibility index (Phi) is 4.88. The molecule has 1 saturated carbocycles. The summed E-state index contributed by atoms with van der Waals surface area (Å²) in [5, 5.41) is 6.20. The van der Waals surface area contributed by atoms with Gasteiger partial charge in [0.2, 0.25) is 5.91 Å². The first kappa shape index (κ1) is 14.4. The highest BCUT2D eigenvalue weighted by Gasteiger charge is 2.35. The van der Waals surface area contributed by atoms with Crippen LogP contribution in [0.3, 0.4) is 0 Å². The molecule has 0 saturated heterocycles. The first-order valence-corrected chi connectivity index (χ1v) is 7.98. The number of carbonyl (C=O) groups excluding carboxylic acids is 1. The van der Waals surface area contributed by atoms with Crippen LogP contribution in [0.15, 0.2) is 24.3 Å². The van der Waals surface area contributed by atoms with Crippen molar-refractivity contribution in [2.45, 2.75) is 30.9 Å². The maximum Gasteiger partial charge on any atom is 0.238 e. The molecule has 0 spiro atoms. The molecule has 0 unspecified atom stereocenters. The molecule has 1 aromatic rings. The summed E-state index contributed by atoms with van der Waals surface area (Å²) < 4.78 is 0.379. The maximum atomic E-state index is 11.8. The van der Waals surface area contributed by atoms with Gasteiger partial charge in [-0.05, 0) is 43.7 Å². The number of hydrogen-bond acceptors (Lipinski definition) is 3. The van der Waals surface area contributed by atoms with Gasteiger partial charge >= 0.3 is 0 Å². The summed E-state index contributed by atoms with van der Waals surface area (Å²) >= 11 is 1.92. The summed E-state index contributed by atoms with van der Waals surface area (Å²) in [4.78, 5) is 11.8. The molecule has 0 aliphatic heterocycles. The van der Waals surface area contributed by atoms with Crippen LogP contribution in [0.2, 0.25) is 0 Å². The summed E-state index contributed by atoms with van der Waals surface area (Å²) in [5.74, 6) is 0.0289. The van der Waals surface area contributed by atoms with Gasteiger partial charge < -0.3 is 10.6 Å². The molecule has 104 valence electrons. The van der Waals surface area contributed by atoms with Crippen molar-refractivity contribution >= 4 is 23.4 Å². The Labute approximate surface area is 119 Å². The molecular weight excluding hydrogens is 256 g/mol. The Hall–Kier alpha value is -1.00. The van der Waals surface area contributed by atoms with Crippen molar-refractivity contribution in [2.75, 3.05) is 24.7 Å². The van der Waals surface area contributed by atoms with Crippen molar-refractivity contribution in [3.05, 3.63) is 29.8 Å². The topological polar surface area (TPSA) is 41.1 Å². The zero-order chi connectivity index (χ0) is 13.7. The van der Waals surface area contributed by atoms with Crippen LogP contribution in [0.5, 0.6) is 0 Å². The number of anilines is 1. The summed E-state index contributed by atoms with van der Waals surface area (Å²) in [5.41, 5.74) is 2.02. The highest BCUT2D eigenvalue weighted by atomic mass is 32.2. The predicted octanol–water partition coefficient (Wildman–Crippen LogP) is 2.81. The van der Waals surface area contributed by atoms with Gasteiger partial charge in [-0.15, -0.1) is 0 Å². The van der Waals surface area contributed by atoms with Gasteiger partial charge in [-0.25, -0.2) is 0 Å². The zero-order valence-corrected chi connectivity index (χ0v) is 12.5. The monoisotopic (exact) mass is 278 g/mol. The van der Waals surface area contributed by atoms with Crippen molar-refractivity contribution in [1.82, 2.24) is 5.32 Å². The van der Waals surface area contributed by atoms with Crippen LogP contribution in [0.4, 0.5) is 5.69 Å². The third-order valence-electron chi connectivity index (χ3n) is 3.73. The molecule has 19 heavy (non-hydrogen) atoms. The predicted molar refractivity (Wildman–Crippen MR) is 82.8 cm³/mol. The molecular formula is C15H22N2OS. The molecule has 0 aromatic heterocycles. The van der Waals surface area contributed by atoms with Crippen molar-refractivity contribution in [3.8, 4) is 0 Å². The van der Waals surface area contributed by atoms with Crippen LogP contribution in [-0.4, -0.2) is 30.0 Å². The Morgan fingerprint density at radius 1 is 1.42 bits per heavy atom. The van der Waals surface area contributed by atoms with Gasteiger partial charge in [0.05, 0.1) is 6.54 Å². The van der Waals surface area contributed by atoms with Gasteiger partial charge in [-0.3, -0.25) is 4.79 Å². The minimum absolute atomic E-state index is 0.0289. The fraction of sp³-hybridized carbons (Fsp3) is 0.533. The van der Waals surface area contributed by atoms with Crippen LogP contribution < -0.4 is 10.6 Å². The molecule has 1 aromatic carbocycles. The normalized spacial score (nSPS) is 16.7. The van der Waals surface area contributed by atoms with Crippen LogP contribution in [0.1, 0.15) is 24.8 Å². The molecule has 1 aliphatic carbocycles. The van der Waals surface area contributed by atoms with Gasteiger partial charge in [0.1, 0.15) is 0 Å². The van der Waals surface area contributed by atoms with E-state index in [4.69, 9.17) is 0 Å². The first-order valence-electron chi connectivity index (χ1n) is 6.76. The van der Waals surface area contributed by atoms with Crippen LogP contribution >= 0.6 is 11.8 Å². The van der Waals surface area contributed by atoms with Crippen LogP contribution in [0.25, 0.3) is 0 Å². The lowest BCUT2D eigenvalue weighted by molar-refractivity contribution is -0.115. The lowest BCUT2D eigenvalue weighted by atomic mass is 9.84. The fourth-order valence-corrected chi connectivity index (χ4v) is 3.30. The summed E-state index contributed by atoms with van der Waals surface area (Å²) in [6.07, 6.45) is 6.01. The summed E-state index contributed by atoms with van der Waals surface area (Å²) in [6.45, 7) is 3.33. The second-order valence-corrected chi connectivity index (χ2v) is 6.54. The number of aryl methyl sites for hydroxylation is 1. The molecule has 1 amide bonds. The Morgan fingerprint density at radius 3 is 2.79 bits per heavy atom. The van der Waals surface area contributed by atoms with Gasteiger partial charge in [0.25, 0.3) is 0 Å². The van der Waals surface area contributed by atoms with Gasteiger partial charge in [0.15, 0.2) is 0 Å². The molecule has 0 heterocycles. The molecule has 0 radical (unpaired) electrons. The van der Waals surface area contributed by atoms with E-state index in [9.17, 15) is 4.79 Å². The fourth-order valence-electron chi connectivity index (χ4n) is 2.36. The number of rotatable bonds is 6. The highest BCUT2D eigenvalue weighted by molar-refractivity contribution is 8.00. The third-order valence-corrected chi connectivity index (χ3v) is 5.15. The average molecular weight is 278 g/mol. The second-order valence-electron chi connectivity index (χ2n) is 5.26. The minimum Gasteiger partial charge on any atom is -0.325 e. The van der Waals surface area contributed by atoms with Gasteiger partial charge in [-0.2, -0.15) is 11.8 Å². The van der Waals surface area contributed by atoms with E-state index in [1.165, 1.54) is 19.3 Å². The summed E-state index contributed by atoms with van der Waals surface area (Å²) in [6, 6.07) is 7.87. The number of thioether (sulfide) groups is 1. The molecule has 3 nitrogen and oxygen atoms in total. The van der Waals surface area contributed by atoms with E-state index in [0.29, 0.717) is 11.3 Å². The number of benzene rings is 1. The second kappa shape index (κ2) is 6.44. The SMILES string of the molecule is CSC1(CNCC(=O)Nc2cccc(C)c2)CCC1.